The third kappa shape index (κ3) is 3.87. The van der Waals surface area contributed by atoms with E-state index in [1.165, 1.54) is 23.5 Å². The second-order valence-corrected chi connectivity index (χ2v) is 7.73. The summed E-state index contributed by atoms with van der Waals surface area (Å²) in [6.45, 7) is 0.268. The summed E-state index contributed by atoms with van der Waals surface area (Å²) in [5.41, 5.74) is 0.697. The molecule has 7 heteroatoms. The zero-order valence-corrected chi connectivity index (χ0v) is 14.9. The van der Waals surface area contributed by atoms with Crippen LogP contribution in [0.1, 0.15) is 15.2 Å². The summed E-state index contributed by atoms with van der Waals surface area (Å²) in [4.78, 5) is 12.5. The number of carbonyl (C=O) groups is 1. The van der Waals surface area contributed by atoms with E-state index in [1.54, 1.807) is 12.1 Å². The Hall–Kier alpha value is -0.240. The molecule has 0 fully saturated rings. The maximum atomic E-state index is 13.1. The number of halogens is 4. The average Bonchev–Trinajstić information content (AvgIpc) is 2.70. The van der Waals surface area contributed by atoms with E-state index in [9.17, 15) is 9.18 Å². The fourth-order valence-corrected chi connectivity index (χ4v) is 3.74. The molecule has 0 aliphatic carbocycles. The zero-order valence-electron chi connectivity index (χ0n) is 9.34. The number of hydrogen-bond donors (Lipinski definition) is 1. The molecule has 1 amide bonds. The molecule has 0 atom stereocenters. The molecule has 2 rings (SSSR count). The van der Waals surface area contributed by atoms with Crippen LogP contribution in [0.4, 0.5) is 4.39 Å². The van der Waals surface area contributed by atoms with E-state index >= 15 is 0 Å². The van der Waals surface area contributed by atoms with Crippen molar-refractivity contribution in [2.24, 2.45) is 0 Å². The molecule has 1 aromatic carbocycles. The minimum atomic E-state index is -0.325. The van der Waals surface area contributed by atoms with Crippen molar-refractivity contribution < 1.29 is 9.18 Å². The Labute approximate surface area is 138 Å². The smallest absolute Gasteiger partial charge is 0.261 e. The van der Waals surface area contributed by atoms with Crippen LogP contribution in [-0.2, 0) is 6.54 Å². The first-order valence-corrected chi connectivity index (χ1v) is 8.34. The first-order valence-electron chi connectivity index (χ1n) is 5.14. The number of nitrogens with one attached hydrogen (secondary N) is 1. The molecular formula is C12H7Br3FNOS. The van der Waals surface area contributed by atoms with Gasteiger partial charge in [-0.2, -0.15) is 0 Å². The van der Waals surface area contributed by atoms with Gasteiger partial charge in [-0.25, -0.2) is 4.39 Å². The second kappa shape index (κ2) is 6.47. The summed E-state index contributed by atoms with van der Waals surface area (Å²) in [7, 11) is 0. The lowest BCUT2D eigenvalue weighted by Crippen LogP contribution is -2.22. The Morgan fingerprint density at radius 3 is 2.58 bits per heavy atom. The molecule has 0 unspecified atom stereocenters. The monoisotopic (exact) mass is 469 g/mol. The van der Waals surface area contributed by atoms with Crippen LogP contribution in [0.5, 0.6) is 0 Å². The van der Waals surface area contributed by atoms with Gasteiger partial charge in [0, 0.05) is 15.5 Å². The lowest BCUT2D eigenvalue weighted by atomic mass is 10.2. The van der Waals surface area contributed by atoms with E-state index in [0.29, 0.717) is 10.4 Å². The van der Waals surface area contributed by atoms with Crippen molar-refractivity contribution >= 4 is 65.0 Å². The van der Waals surface area contributed by atoms with Gasteiger partial charge in [-0.05, 0) is 61.7 Å². The van der Waals surface area contributed by atoms with Gasteiger partial charge in [-0.3, -0.25) is 4.79 Å². The van der Waals surface area contributed by atoms with Crippen molar-refractivity contribution in [1.82, 2.24) is 5.32 Å². The molecule has 0 aliphatic rings. The largest absolute Gasteiger partial charge is 0.347 e. The molecule has 0 radical (unpaired) electrons. The maximum absolute atomic E-state index is 13.1. The van der Waals surface area contributed by atoms with Crippen LogP contribution in [0.25, 0.3) is 0 Å². The molecule has 0 aliphatic heterocycles. The van der Waals surface area contributed by atoms with E-state index in [0.717, 1.165) is 12.7 Å². The van der Waals surface area contributed by atoms with E-state index < -0.39 is 0 Å². The van der Waals surface area contributed by atoms with Crippen molar-refractivity contribution in [1.29, 1.82) is 0 Å². The van der Waals surface area contributed by atoms with E-state index in [1.807, 2.05) is 0 Å². The first kappa shape index (κ1) is 15.2. The summed E-state index contributed by atoms with van der Waals surface area (Å²) in [6, 6.07) is 6.12. The van der Waals surface area contributed by atoms with Crippen LogP contribution < -0.4 is 5.32 Å². The highest BCUT2D eigenvalue weighted by atomic mass is 79.9. The highest BCUT2D eigenvalue weighted by Crippen LogP contribution is 2.32. The zero-order chi connectivity index (χ0) is 14.0. The maximum Gasteiger partial charge on any atom is 0.261 e. The number of hydrogen-bond acceptors (Lipinski definition) is 2. The van der Waals surface area contributed by atoms with Crippen LogP contribution in [-0.4, -0.2) is 5.91 Å². The van der Waals surface area contributed by atoms with E-state index in [-0.39, 0.29) is 18.3 Å². The van der Waals surface area contributed by atoms with E-state index in [4.69, 9.17) is 0 Å². The predicted octanol–water partition coefficient (Wildman–Crippen LogP) is 5.10. The van der Waals surface area contributed by atoms with Crippen molar-refractivity contribution in [2.45, 2.75) is 6.54 Å². The Morgan fingerprint density at radius 2 is 1.95 bits per heavy atom. The summed E-state index contributed by atoms with van der Waals surface area (Å²) in [5.74, 6) is -0.512. The molecule has 100 valence electrons. The van der Waals surface area contributed by atoms with Crippen LogP contribution in [0.15, 0.2) is 37.0 Å². The van der Waals surface area contributed by atoms with Gasteiger partial charge < -0.3 is 5.32 Å². The number of carbonyl (C=O) groups excluding carboxylic acids is 1. The Bertz CT molecular complexity index is 610. The van der Waals surface area contributed by atoms with Crippen LogP contribution in [0.2, 0.25) is 0 Å². The van der Waals surface area contributed by atoms with Crippen molar-refractivity contribution in [3.8, 4) is 0 Å². The van der Waals surface area contributed by atoms with Crippen molar-refractivity contribution in [3.05, 3.63) is 53.3 Å². The molecule has 0 saturated carbocycles. The third-order valence-electron chi connectivity index (χ3n) is 2.32. The predicted molar refractivity (Wildman–Crippen MR) is 85.0 cm³/mol. The Morgan fingerprint density at radius 1 is 1.21 bits per heavy atom. The van der Waals surface area contributed by atoms with Gasteiger partial charge in [0.25, 0.3) is 5.91 Å². The van der Waals surface area contributed by atoms with Gasteiger partial charge in [-0.1, -0.05) is 15.9 Å². The highest BCUT2D eigenvalue weighted by Gasteiger charge is 2.12. The molecule has 1 N–H and O–H groups in total. The molecule has 0 saturated heterocycles. The minimum absolute atomic E-state index is 0.187. The fourth-order valence-electron chi connectivity index (χ4n) is 1.40. The summed E-state index contributed by atoms with van der Waals surface area (Å²) >= 11 is 11.3. The molecule has 0 bridgehead atoms. The van der Waals surface area contributed by atoms with Gasteiger partial charge in [0.05, 0.1) is 8.66 Å². The Kier molecular flexibility index (Phi) is 5.16. The number of rotatable bonds is 3. The van der Waals surface area contributed by atoms with Crippen LogP contribution in [0.3, 0.4) is 0 Å². The quantitative estimate of drug-likeness (QED) is 0.662. The fraction of sp³-hybridized carbons (Fsp3) is 0.0833. The van der Waals surface area contributed by atoms with Gasteiger partial charge in [0.1, 0.15) is 5.82 Å². The SMILES string of the molecule is O=C(NCc1cc(F)ccc1Br)c1cc(Br)c(Br)s1. The number of thiophene rings is 1. The molecule has 1 aromatic heterocycles. The number of amides is 1. The molecule has 0 spiro atoms. The lowest BCUT2D eigenvalue weighted by molar-refractivity contribution is 0.0955. The second-order valence-electron chi connectivity index (χ2n) is 3.65. The summed E-state index contributed by atoms with van der Waals surface area (Å²) < 4.78 is 15.6. The summed E-state index contributed by atoms with van der Waals surface area (Å²) in [6.07, 6.45) is 0. The van der Waals surface area contributed by atoms with Gasteiger partial charge in [-0.15, -0.1) is 11.3 Å². The average molecular weight is 472 g/mol. The van der Waals surface area contributed by atoms with Gasteiger partial charge in [0.15, 0.2) is 0 Å². The molecular weight excluding hydrogens is 465 g/mol. The standard InChI is InChI=1S/C12H7Br3FNOS/c13-8-2-1-7(16)3-6(8)5-17-12(18)10-4-9(14)11(15)19-10/h1-4H,5H2,(H,17,18). The first-order chi connectivity index (χ1) is 8.97. The van der Waals surface area contributed by atoms with Crippen molar-refractivity contribution in [3.63, 3.8) is 0 Å². The number of benzene rings is 1. The topological polar surface area (TPSA) is 29.1 Å². The Balaban J connectivity index is 2.06. The van der Waals surface area contributed by atoms with Gasteiger partial charge in [0.2, 0.25) is 0 Å². The molecule has 2 aromatic rings. The lowest BCUT2D eigenvalue weighted by Gasteiger charge is -2.06. The third-order valence-corrected chi connectivity index (χ3v) is 6.34. The molecule has 1 heterocycles. The van der Waals surface area contributed by atoms with E-state index in [2.05, 4.69) is 53.1 Å². The van der Waals surface area contributed by atoms with Crippen molar-refractivity contribution in [2.75, 3.05) is 0 Å². The molecule has 19 heavy (non-hydrogen) atoms. The minimum Gasteiger partial charge on any atom is -0.347 e. The van der Waals surface area contributed by atoms with Crippen LogP contribution in [0, 0.1) is 5.82 Å². The highest BCUT2D eigenvalue weighted by molar-refractivity contribution is 9.13. The molecule has 2 nitrogen and oxygen atoms in total. The normalized spacial score (nSPS) is 10.5. The van der Waals surface area contributed by atoms with Crippen LogP contribution >= 0.6 is 59.1 Å². The summed E-state index contributed by atoms with van der Waals surface area (Å²) in [5, 5.41) is 2.76. The van der Waals surface area contributed by atoms with Gasteiger partial charge >= 0.3 is 0 Å².